The summed E-state index contributed by atoms with van der Waals surface area (Å²) in [4.78, 5) is 20.6. The zero-order valence-corrected chi connectivity index (χ0v) is 14.6. The summed E-state index contributed by atoms with van der Waals surface area (Å²) < 4.78 is 5.86. The van der Waals surface area contributed by atoms with Crippen LogP contribution in [0.25, 0.3) is 0 Å². The predicted octanol–water partition coefficient (Wildman–Crippen LogP) is 3.20. The van der Waals surface area contributed by atoms with Crippen LogP contribution in [0.15, 0.2) is 30.3 Å². The predicted molar refractivity (Wildman–Crippen MR) is 93.4 cm³/mol. The normalized spacial score (nSPS) is 9.73. The SMILES string of the molecule is CCc1ccc(NC(=O)N(C)OC)cc1Oc1cc(C#N)nc(C#N)c1. The van der Waals surface area contributed by atoms with Gasteiger partial charge in [0.2, 0.25) is 0 Å². The van der Waals surface area contributed by atoms with Crippen LogP contribution < -0.4 is 10.1 Å². The van der Waals surface area contributed by atoms with Gasteiger partial charge in [-0.2, -0.15) is 10.5 Å². The van der Waals surface area contributed by atoms with E-state index in [2.05, 4.69) is 10.3 Å². The van der Waals surface area contributed by atoms with Crippen molar-refractivity contribution in [1.82, 2.24) is 10.0 Å². The zero-order chi connectivity index (χ0) is 19.1. The molecule has 1 heterocycles. The number of carbonyl (C=O) groups is 1. The molecular formula is C18H17N5O3. The van der Waals surface area contributed by atoms with Gasteiger partial charge in [-0.25, -0.2) is 14.8 Å². The molecule has 26 heavy (non-hydrogen) atoms. The minimum absolute atomic E-state index is 0.0864. The van der Waals surface area contributed by atoms with E-state index in [-0.39, 0.29) is 11.4 Å². The summed E-state index contributed by atoms with van der Waals surface area (Å²) in [6, 6.07) is 11.5. The smallest absolute Gasteiger partial charge is 0.345 e. The molecule has 8 heteroatoms. The Labute approximate surface area is 151 Å². The lowest BCUT2D eigenvalue weighted by Crippen LogP contribution is -2.30. The van der Waals surface area contributed by atoms with E-state index in [1.54, 1.807) is 12.1 Å². The number of pyridine rings is 1. The molecule has 0 atom stereocenters. The molecule has 0 saturated heterocycles. The van der Waals surface area contributed by atoms with Crippen molar-refractivity contribution in [3.05, 3.63) is 47.3 Å². The number of aromatic nitrogens is 1. The van der Waals surface area contributed by atoms with E-state index in [9.17, 15) is 4.79 Å². The van der Waals surface area contributed by atoms with Gasteiger partial charge in [0.15, 0.2) is 0 Å². The third kappa shape index (κ3) is 4.47. The fourth-order valence-electron chi connectivity index (χ4n) is 2.11. The molecule has 0 saturated carbocycles. The van der Waals surface area contributed by atoms with E-state index in [4.69, 9.17) is 20.1 Å². The van der Waals surface area contributed by atoms with E-state index in [1.165, 1.54) is 26.3 Å². The van der Waals surface area contributed by atoms with Gasteiger partial charge in [-0.3, -0.25) is 4.84 Å². The number of nitriles is 2. The van der Waals surface area contributed by atoms with Crippen LogP contribution in [0.5, 0.6) is 11.5 Å². The lowest BCUT2D eigenvalue weighted by atomic mass is 10.1. The van der Waals surface area contributed by atoms with Crippen molar-refractivity contribution in [2.45, 2.75) is 13.3 Å². The van der Waals surface area contributed by atoms with Crippen LogP contribution in [0, 0.1) is 22.7 Å². The molecule has 2 aromatic rings. The molecule has 1 N–H and O–H groups in total. The highest BCUT2D eigenvalue weighted by Crippen LogP contribution is 2.29. The van der Waals surface area contributed by atoms with E-state index >= 15 is 0 Å². The van der Waals surface area contributed by atoms with Gasteiger partial charge in [0.05, 0.1) is 7.11 Å². The first-order chi connectivity index (χ1) is 12.5. The van der Waals surface area contributed by atoms with Crippen LogP contribution in [0.4, 0.5) is 10.5 Å². The first-order valence-corrected chi connectivity index (χ1v) is 7.72. The molecule has 0 aliphatic rings. The van der Waals surface area contributed by atoms with Gasteiger partial charge in [-0.05, 0) is 18.1 Å². The number of rotatable bonds is 5. The number of amides is 2. The summed E-state index contributed by atoms with van der Waals surface area (Å²) >= 11 is 0. The van der Waals surface area contributed by atoms with Crippen molar-refractivity contribution in [3.8, 4) is 23.6 Å². The molecule has 1 aromatic heterocycles. The highest BCUT2D eigenvalue weighted by molar-refractivity contribution is 5.88. The maximum absolute atomic E-state index is 11.9. The number of benzene rings is 1. The number of aryl methyl sites for hydroxylation is 1. The molecular weight excluding hydrogens is 334 g/mol. The third-order valence-electron chi connectivity index (χ3n) is 3.51. The molecule has 0 unspecified atom stereocenters. The fourth-order valence-corrected chi connectivity index (χ4v) is 2.11. The lowest BCUT2D eigenvalue weighted by Gasteiger charge is -2.16. The number of ether oxygens (including phenoxy) is 1. The Morgan fingerprint density at radius 1 is 1.23 bits per heavy atom. The molecule has 0 aliphatic carbocycles. The summed E-state index contributed by atoms with van der Waals surface area (Å²) in [5.74, 6) is 0.824. The van der Waals surface area contributed by atoms with Crippen molar-refractivity contribution in [2.75, 3.05) is 19.5 Å². The Balaban J connectivity index is 2.34. The number of nitrogens with zero attached hydrogens (tertiary/aromatic N) is 4. The van der Waals surface area contributed by atoms with Crippen LogP contribution in [0.3, 0.4) is 0 Å². The van der Waals surface area contributed by atoms with Gasteiger partial charge in [0.25, 0.3) is 0 Å². The number of nitrogens with one attached hydrogen (secondary N) is 1. The second kappa shape index (κ2) is 8.47. The summed E-state index contributed by atoms with van der Waals surface area (Å²) in [5.41, 5.74) is 1.59. The first-order valence-electron chi connectivity index (χ1n) is 7.72. The Bertz CT molecular complexity index is 866. The average Bonchev–Trinajstić information content (AvgIpc) is 2.67. The number of anilines is 1. The Hall–Kier alpha value is -3.62. The summed E-state index contributed by atoms with van der Waals surface area (Å²) in [6.07, 6.45) is 0.697. The second-order valence-corrected chi connectivity index (χ2v) is 5.19. The standard InChI is InChI=1S/C18H17N5O3/c1-4-12-5-6-13(22-18(24)23(2)25-3)9-17(12)26-16-7-14(10-19)21-15(8-16)11-20/h5-9H,4H2,1-3H3,(H,22,24). The first kappa shape index (κ1) is 18.7. The highest BCUT2D eigenvalue weighted by Gasteiger charge is 2.12. The number of hydrogen-bond acceptors (Lipinski definition) is 6. The average molecular weight is 351 g/mol. The molecule has 132 valence electrons. The van der Waals surface area contributed by atoms with E-state index in [0.717, 1.165) is 10.6 Å². The van der Waals surface area contributed by atoms with Crippen molar-refractivity contribution < 1.29 is 14.4 Å². The molecule has 0 aliphatic heterocycles. The van der Waals surface area contributed by atoms with Gasteiger partial charge in [-0.15, -0.1) is 0 Å². The summed E-state index contributed by atoms with van der Waals surface area (Å²) in [7, 11) is 2.87. The minimum Gasteiger partial charge on any atom is -0.457 e. The van der Waals surface area contributed by atoms with Crippen molar-refractivity contribution >= 4 is 11.7 Å². The van der Waals surface area contributed by atoms with E-state index in [1.807, 2.05) is 25.1 Å². The lowest BCUT2D eigenvalue weighted by molar-refractivity contribution is -0.0598. The van der Waals surface area contributed by atoms with E-state index < -0.39 is 6.03 Å². The van der Waals surface area contributed by atoms with Crippen molar-refractivity contribution in [1.29, 1.82) is 10.5 Å². The topological polar surface area (TPSA) is 111 Å². The number of hydrogen-bond donors (Lipinski definition) is 1. The molecule has 2 amide bonds. The Morgan fingerprint density at radius 2 is 1.88 bits per heavy atom. The molecule has 1 aromatic carbocycles. The van der Waals surface area contributed by atoms with Gasteiger partial charge in [0.1, 0.15) is 35.0 Å². The number of urea groups is 1. The van der Waals surface area contributed by atoms with Gasteiger partial charge in [0, 0.05) is 30.9 Å². The highest BCUT2D eigenvalue weighted by atomic mass is 16.7. The molecule has 0 bridgehead atoms. The molecule has 0 spiro atoms. The largest absolute Gasteiger partial charge is 0.457 e. The maximum Gasteiger partial charge on any atom is 0.345 e. The second-order valence-electron chi connectivity index (χ2n) is 5.19. The van der Waals surface area contributed by atoms with Gasteiger partial charge < -0.3 is 10.1 Å². The molecule has 2 rings (SSSR count). The van der Waals surface area contributed by atoms with Crippen LogP contribution in [0.2, 0.25) is 0 Å². The van der Waals surface area contributed by atoms with Gasteiger partial charge >= 0.3 is 6.03 Å². The molecule has 8 nitrogen and oxygen atoms in total. The Morgan fingerprint density at radius 3 is 2.42 bits per heavy atom. The number of carbonyl (C=O) groups excluding carboxylic acids is 1. The van der Waals surface area contributed by atoms with Crippen LogP contribution in [0.1, 0.15) is 23.9 Å². The molecule has 0 fully saturated rings. The Kier molecular flexibility index (Phi) is 6.10. The van der Waals surface area contributed by atoms with Crippen LogP contribution >= 0.6 is 0 Å². The summed E-state index contributed by atoms with van der Waals surface area (Å²) in [5, 5.41) is 21.8. The number of hydroxylamine groups is 2. The summed E-state index contributed by atoms with van der Waals surface area (Å²) in [6.45, 7) is 1.97. The van der Waals surface area contributed by atoms with Crippen LogP contribution in [-0.4, -0.2) is 30.2 Å². The third-order valence-corrected chi connectivity index (χ3v) is 3.51. The maximum atomic E-state index is 11.9. The van der Waals surface area contributed by atoms with Crippen molar-refractivity contribution in [3.63, 3.8) is 0 Å². The molecule has 0 radical (unpaired) electrons. The van der Waals surface area contributed by atoms with Crippen LogP contribution in [-0.2, 0) is 11.3 Å². The minimum atomic E-state index is -0.440. The monoisotopic (exact) mass is 351 g/mol. The van der Waals surface area contributed by atoms with E-state index in [0.29, 0.717) is 23.6 Å². The quantitative estimate of drug-likeness (QED) is 0.828. The fraction of sp³-hybridized carbons (Fsp3) is 0.222. The van der Waals surface area contributed by atoms with Crippen molar-refractivity contribution in [2.24, 2.45) is 0 Å². The van der Waals surface area contributed by atoms with Gasteiger partial charge in [-0.1, -0.05) is 13.0 Å². The zero-order valence-electron chi connectivity index (χ0n) is 14.6.